The molecule has 14 heteroatoms. The summed E-state index contributed by atoms with van der Waals surface area (Å²) in [6.45, 7) is 25.5. The van der Waals surface area contributed by atoms with Crippen molar-refractivity contribution in [3.63, 3.8) is 0 Å². The summed E-state index contributed by atoms with van der Waals surface area (Å²) in [5.74, 6) is -2.35. The highest BCUT2D eigenvalue weighted by Gasteiger charge is 2.53. The van der Waals surface area contributed by atoms with Crippen molar-refractivity contribution in [3.05, 3.63) is 12.8 Å². The van der Waals surface area contributed by atoms with Gasteiger partial charge in [-0.05, 0) is 101 Å². The fourth-order valence-electron chi connectivity index (χ4n) is 9.47. The van der Waals surface area contributed by atoms with Gasteiger partial charge < -0.3 is 58.5 Å². The number of likely N-dealkylation sites (N-methyl/N-ethyl adjacent to an activating group) is 1. The quantitative estimate of drug-likeness (QED) is 0.176. The molecule has 0 spiro atoms. The van der Waals surface area contributed by atoms with E-state index < -0.39 is 96.0 Å². The van der Waals surface area contributed by atoms with Crippen LogP contribution in [0.1, 0.15) is 108 Å². The number of hydrogen-bond donors (Lipinski definition) is 4. The van der Waals surface area contributed by atoms with Gasteiger partial charge in [0.05, 0.1) is 36.1 Å². The first-order chi connectivity index (χ1) is 26.0. The van der Waals surface area contributed by atoms with Crippen LogP contribution < -0.4 is 0 Å². The van der Waals surface area contributed by atoms with Gasteiger partial charge in [0.25, 0.3) is 0 Å². The van der Waals surface area contributed by atoms with E-state index in [-0.39, 0.29) is 30.9 Å². The van der Waals surface area contributed by atoms with Crippen molar-refractivity contribution in [2.24, 2.45) is 17.8 Å². The Morgan fingerprint density at radius 2 is 1.61 bits per heavy atom. The number of methoxy groups -OCH3 is 1. The predicted octanol–water partition coefficient (Wildman–Crippen LogP) is 3.85. The van der Waals surface area contributed by atoms with Crippen LogP contribution in [0.25, 0.3) is 0 Å². The molecule has 0 aromatic heterocycles. The molecule has 0 aliphatic carbocycles. The van der Waals surface area contributed by atoms with E-state index in [1.807, 2.05) is 46.7 Å². The second-order valence-electron chi connectivity index (χ2n) is 18.0. The van der Waals surface area contributed by atoms with Gasteiger partial charge in [0.1, 0.15) is 41.7 Å². The van der Waals surface area contributed by atoms with Crippen LogP contribution in [0, 0.1) is 17.8 Å². The van der Waals surface area contributed by atoms with Crippen molar-refractivity contribution in [1.29, 1.82) is 0 Å². The number of nitrogens with zero attached hydrogens (tertiary/aromatic N) is 2. The monoisotopic (exact) mass is 803 g/mol. The Morgan fingerprint density at radius 3 is 2.16 bits per heavy atom. The van der Waals surface area contributed by atoms with Gasteiger partial charge in [-0.2, -0.15) is 0 Å². The zero-order valence-corrected chi connectivity index (χ0v) is 36.8. The van der Waals surface area contributed by atoms with Crippen molar-refractivity contribution in [3.8, 4) is 0 Å². The molecule has 328 valence electrons. The topological polar surface area (TPSA) is 169 Å². The summed E-state index contributed by atoms with van der Waals surface area (Å²) in [5.41, 5.74) is -3.93. The SMILES string of the molecule is C=CO[C@]1(C)C[C@@H](C)CN(CCC)[C@H](C)[C@@H](O)[C@](C)(O)[C@@H](CC)OC(=O)[C@H](C)[C@@H](O[C@H]2C[C@@](C)(OC)[C@@H](O)[C@H](C)O2)[C@H](C)[C@H]1O[C@@H]1O[C@H](C)C[C@H](N(C)C)[C@H]1O. The molecular formula is C42H78N2O12. The predicted molar refractivity (Wildman–Crippen MR) is 212 cm³/mol. The Morgan fingerprint density at radius 1 is 0.964 bits per heavy atom. The van der Waals surface area contributed by atoms with Crippen LogP contribution in [-0.2, 0) is 38.0 Å². The first-order valence-corrected chi connectivity index (χ1v) is 20.8. The first kappa shape index (κ1) is 48.9. The number of cyclic esters (lactones) is 1. The lowest BCUT2D eigenvalue weighted by Gasteiger charge is -2.49. The van der Waals surface area contributed by atoms with Crippen molar-refractivity contribution < 1.29 is 58.4 Å². The Balaban J connectivity index is 2.27. The largest absolute Gasteiger partial charge is 0.493 e. The van der Waals surface area contributed by atoms with E-state index in [1.165, 1.54) is 20.3 Å². The highest BCUT2D eigenvalue weighted by Crippen LogP contribution is 2.41. The molecular weight excluding hydrogens is 724 g/mol. The smallest absolute Gasteiger partial charge is 0.311 e. The minimum absolute atomic E-state index is 0.0526. The van der Waals surface area contributed by atoms with E-state index in [9.17, 15) is 25.2 Å². The third-order valence-electron chi connectivity index (χ3n) is 12.9. The van der Waals surface area contributed by atoms with Gasteiger partial charge in [-0.3, -0.25) is 9.69 Å². The first-order valence-electron chi connectivity index (χ1n) is 20.8. The molecule has 3 saturated heterocycles. The maximum Gasteiger partial charge on any atom is 0.311 e. The molecule has 3 aliphatic rings. The standard InChI is InChI=1S/C42H78N2O12/c1-16-19-44-23-24(4)21-41(11,51-18-3)37(56-39-33(45)30(43(13)14)20-25(5)52-39)26(6)34(55-32-22-40(10,50-15)36(47)29(9)53-32)27(7)38(48)54-31(17-2)42(12,49)35(46)28(44)8/h18,24-37,39,45-47,49H,3,16-17,19-23H2,1-2,4-15H3/t24-,25-,26+,27-,28-,29+,30+,31-,32+,33-,34+,35-,36+,37-,39+,40-,41-,42-/m1/s1. The average Bonchev–Trinajstić information content (AvgIpc) is 3.12. The van der Waals surface area contributed by atoms with Crippen LogP contribution >= 0.6 is 0 Å². The molecule has 14 nitrogen and oxygen atoms in total. The Kier molecular flexibility index (Phi) is 17.7. The summed E-state index contributed by atoms with van der Waals surface area (Å²) >= 11 is 0. The molecule has 0 bridgehead atoms. The molecule has 0 aromatic carbocycles. The third-order valence-corrected chi connectivity index (χ3v) is 12.9. The van der Waals surface area contributed by atoms with E-state index in [1.54, 1.807) is 27.7 Å². The number of aliphatic hydroxyl groups excluding tert-OH is 3. The lowest BCUT2D eigenvalue weighted by molar-refractivity contribution is -0.318. The number of rotatable bonds is 11. The maximum absolute atomic E-state index is 14.4. The summed E-state index contributed by atoms with van der Waals surface area (Å²) in [5, 5.41) is 46.5. The van der Waals surface area contributed by atoms with Crippen molar-refractivity contribution in [1.82, 2.24) is 9.80 Å². The molecule has 3 aliphatic heterocycles. The fraction of sp³-hybridized carbons (Fsp3) is 0.929. The Labute approximate surface area is 337 Å². The van der Waals surface area contributed by atoms with Crippen molar-refractivity contribution in [2.45, 2.75) is 199 Å². The normalized spacial score (nSPS) is 46.8. The molecule has 3 rings (SSSR count). The summed E-state index contributed by atoms with van der Waals surface area (Å²) < 4.78 is 44.9. The molecule has 0 aromatic rings. The van der Waals surface area contributed by atoms with Crippen LogP contribution in [0.15, 0.2) is 12.8 Å². The van der Waals surface area contributed by atoms with E-state index in [0.29, 0.717) is 25.9 Å². The molecule has 0 amide bonds. The lowest BCUT2D eigenvalue weighted by Crippen LogP contribution is -2.60. The molecule has 56 heavy (non-hydrogen) atoms. The highest BCUT2D eigenvalue weighted by atomic mass is 16.7. The maximum atomic E-state index is 14.4. The number of carbonyl (C=O) groups excluding carboxylic acids is 1. The van der Waals surface area contributed by atoms with Crippen molar-refractivity contribution >= 4 is 5.97 Å². The van der Waals surface area contributed by atoms with Crippen LogP contribution in [0.5, 0.6) is 0 Å². The minimum atomic E-state index is -1.79. The molecule has 18 atom stereocenters. The van der Waals surface area contributed by atoms with Gasteiger partial charge in [0.15, 0.2) is 12.6 Å². The second-order valence-corrected chi connectivity index (χ2v) is 18.0. The van der Waals surface area contributed by atoms with Gasteiger partial charge in [0, 0.05) is 38.1 Å². The summed E-state index contributed by atoms with van der Waals surface area (Å²) in [6, 6.07) is -0.750. The highest BCUT2D eigenvalue weighted by molar-refractivity contribution is 5.73. The molecule has 0 radical (unpaired) electrons. The minimum Gasteiger partial charge on any atom is -0.493 e. The Bertz CT molecular complexity index is 1240. The third kappa shape index (κ3) is 11.0. The van der Waals surface area contributed by atoms with E-state index >= 15 is 0 Å². The average molecular weight is 803 g/mol. The van der Waals surface area contributed by atoms with Crippen LogP contribution in [0.4, 0.5) is 0 Å². The van der Waals surface area contributed by atoms with Crippen LogP contribution in [0.2, 0.25) is 0 Å². The van der Waals surface area contributed by atoms with E-state index in [2.05, 4.69) is 25.3 Å². The van der Waals surface area contributed by atoms with Gasteiger partial charge in [-0.1, -0.05) is 34.3 Å². The second kappa shape index (κ2) is 20.2. The van der Waals surface area contributed by atoms with E-state index in [0.717, 1.165) is 6.42 Å². The van der Waals surface area contributed by atoms with E-state index in [4.69, 9.17) is 33.2 Å². The summed E-state index contributed by atoms with van der Waals surface area (Å²) in [7, 11) is 5.35. The molecule has 0 unspecified atom stereocenters. The number of ether oxygens (including phenoxy) is 7. The van der Waals surface area contributed by atoms with Crippen LogP contribution in [0.3, 0.4) is 0 Å². The van der Waals surface area contributed by atoms with Gasteiger partial charge in [0.2, 0.25) is 0 Å². The lowest BCUT2D eigenvalue weighted by atomic mass is 9.77. The number of hydrogen-bond acceptors (Lipinski definition) is 14. The van der Waals surface area contributed by atoms with Gasteiger partial charge in [-0.15, -0.1) is 0 Å². The zero-order valence-electron chi connectivity index (χ0n) is 36.8. The van der Waals surface area contributed by atoms with Gasteiger partial charge >= 0.3 is 5.97 Å². The van der Waals surface area contributed by atoms with Gasteiger partial charge in [-0.25, -0.2) is 0 Å². The number of carbonyl (C=O) groups is 1. The zero-order chi connectivity index (χ0) is 42.5. The fourth-order valence-corrected chi connectivity index (χ4v) is 9.47. The summed E-state index contributed by atoms with van der Waals surface area (Å²) in [6.07, 6.45) is -5.37. The molecule has 3 heterocycles. The summed E-state index contributed by atoms with van der Waals surface area (Å²) in [4.78, 5) is 18.6. The molecule has 0 saturated carbocycles. The number of esters is 1. The Hall–Kier alpha value is -1.43. The van der Waals surface area contributed by atoms with Crippen molar-refractivity contribution in [2.75, 3.05) is 34.3 Å². The molecule has 4 N–H and O–H groups in total. The molecule has 3 fully saturated rings. The van der Waals surface area contributed by atoms with Crippen LogP contribution in [-0.4, -0.2) is 161 Å². The number of aliphatic hydroxyl groups is 4.